The molecule has 0 saturated carbocycles. The van der Waals surface area contributed by atoms with Gasteiger partial charge in [-0.1, -0.05) is 12.1 Å². The summed E-state index contributed by atoms with van der Waals surface area (Å²) in [4.78, 5) is 24.1. The molecule has 142 valence electrons. The Hall–Kier alpha value is -2.39. The fraction of sp³-hybridized carbons (Fsp3) is 0.222. The van der Waals surface area contributed by atoms with Crippen molar-refractivity contribution in [2.24, 2.45) is 0 Å². The van der Waals surface area contributed by atoms with Crippen molar-refractivity contribution in [2.75, 3.05) is 16.8 Å². The second kappa shape index (κ2) is 8.10. The quantitative estimate of drug-likeness (QED) is 0.766. The molecule has 0 aromatic heterocycles. The molecule has 0 fully saturated rings. The number of carbonyl (C=O) groups is 2. The monoisotopic (exact) mass is 408 g/mol. The Morgan fingerprint density at radius 1 is 1.19 bits per heavy atom. The average molecular weight is 408 g/mol. The summed E-state index contributed by atoms with van der Waals surface area (Å²) in [6, 6.07) is 10.2. The lowest BCUT2D eigenvalue weighted by molar-refractivity contribution is -0.120. The highest BCUT2D eigenvalue weighted by molar-refractivity contribution is 8.00. The molecular weight excluding hydrogens is 391 g/mol. The molecule has 0 unspecified atom stereocenters. The van der Waals surface area contributed by atoms with Gasteiger partial charge in [-0.25, -0.2) is 12.8 Å². The van der Waals surface area contributed by atoms with Crippen LogP contribution in [0.1, 0.15) is 12.0 Å². The van der Waals surface area contributed by atoms with Crippen LogP contribution < -0.4 is 10.6 Å². The number of benzene rings is 2. The Labute approximate surface area is 160 Å². The number of rotatable bonds is 6. The molecule has 0 radical (unpaired) electrons. The number of hydrogen-bond donors (Lipinski definition) is 2. The van der Waals surface area contributed by atoms with Crippen molar-refractivity contribution in [3.05, 3.63) is 53.8 Å². The zero-order chi connectivity index (χ0) is 19.4. The van der Waals surface area contributed by atoms with E-state index in [0.29, 0.717) is 10.6 Å². The lowest BCUT2D eigenvalue weighted by Gasteiger charge is -2.17. The minimum absolute atomic E-state index is 0.122. The van der Waals surface area contributed by atoms with Crippen LogP contribution in [0.4, 0.5) is 10.1 Å². The Balaban J connectivity index is 1.57. The number of nitrogens with one attached hydrogen (secondary N) is 2. The SMILES string of the molecule is O=C(CCS(=O)(=O)c1ccc2c(c1)SCC(=O)N2)NCc1ccc(F)cc1. The molecule has 0 saturated heterocycles. The summed E-state index contributed by atoms with van der Waals surface area (Å²) in [6.07, 6.45) is -0.176. The van der Waals surface area contributed by atoms with Crippen molar-refractivity contribution in [3.8, 4) is 0 Å². The average Bonchev–Trinajstić information content (AvgIpc) is 2.65. The molecule has 3 rings (SSSR count). The van der Waals surface area contributed by atoms with Crippen LogP contribution in [0, 0.1) is 5.82 Å². The maximum atomic E-state index is 12.8. The fourth-order valence-electron chi connectivity index (χ4n) is 2.48. The lowest BCUT2D eigenvalue weighted by atomic mass is 10.2. The van der Waals surface area contributed by atoms with E-state index in [2.05, 4.69) is 10.6 Å². The number of anilines is 1. The highest BCUT2D eigenvalue weighted by Gasteiger charge is 2.21. The number of halogens is 1. The highest BCUT2D eigenvalue weighted by Crippen LogP contribution is 2.33. The van der Waals surface area contributed by atoms with E-state index < -0.39 is 15.7 Å². The van der Waals surface area contributed by atoms with Gasteiger partial charge in [0.05, 0.1) is 22.1 Å². The smallest absolute Gasteiger partial charge is 0.234 e. The summed E-state index contributed by atoms with van der Waals surface area (Å²) in [6.45, 7) is 0.203. The highest BCUT2D eigenvalue weighted by atomic mass is 32.2. The van der Waals surface area contributed by atoms with E-state index in [0.717, 1.165) is 5.56 Å². The minimum Gasteiger partial charge on any atom is -0.352 e. The summed E-state index contributed by atoms with van der Waals surface area (Å²) in [5, 5.41) is 5.30. The zero-order valence-corrected chi connectivity index (χ0v) is 15.8. The van der Waals surface area contributed by atoms with Gasteiger partial charge in [-0.15, -0.1) is 11.8 Å². The van der Waals surface area contributed by atoms with Gasteiger partial charge in [-0.2, -0.15) is 0 Å². The third-order valence-electron chi connectivity index (χ3n) is 3.95. The minimum atomic E-state index is -3.63. The van der Waals surface area contributed by atoms with Gasteiger partial charge in [-0.05, 0) is 35.9 Å². The Bertz CT molecular complexity index is 975. The predicted octanol–water partition coefficient (Wildman–Crippen LogP) is 2.35. The molecule has 1 heterocycles. The predicted molar refractivity (Wildman–Crippen MR) is 101 cm³/mol. The first-order valence-corrected chi connectivity index (χ1v) is 10.8. The van der Waals surface area contributed by atoms with E-state index in [1.807, 2.05) is 0 Å². The molecule has 27 heavy (non-hydrogen) atoms. The van der Waals surface area contributed by atoms with Crippen molar-refractivity contribution in [1.29, 1.82) is 0 Å². The van der Waals surface area contributed by atoms with Crippen molar-refractivity contribution in [1.82, 2.24) is 5.32 Å². The van der Waals surface area contributed by atoms with Gasteiger partial charge in [0, 0.05) is 17.9 Å². The Kier molecular flexibility index (Phi) is 5.81. The van der Waals surface area contributed by atoms with E-state index in [9.17, 15) is 22.4 Å². The topological polar surface area (TPSA) is 92.3 Å². The number of thioether (sulfide) groups is 1. The van der Waals surface area contributed by atoms with E-state index in [-0.39, 0.29) is 41.1 Å². The molecule has 1 aliphatic rings. The van der Waals surface area contributed by atoms with Crippen LogP contribution >= 0.6 is 11.8 Å². The third-order valence-corrected chi connectivity index (χ3v) is 6.71. The summed E-state index contributed by atoms with van der Waals surface area (Å²) >= 11 is 1.28. The molecule has 0 aliphatic carbocycles. The molecule has 6 nitrogen and oxygen atoms in total. The second-order valence-corrected chi connectivity index (χ2v) is 9.09. The molecule has 1 aliphatic heterocycles. The molecular formula is C18H17FN2O4S2. The Morgan fingerprint density at radius 2 is 1.93 bits per heavy atom. The molecule has 9 heteroatoms. The Morgan fingerprint density at radius 3 is 2.67 bits per heavy atom. The van der Waals surface area contributed by atoms with Crippen LogP contribution in [-0.2, 0) is 26.0 Å². The van der Waals surface area contributed by atoms with E-state index in [1.165, 1.54) is 36.0 Å². The summed E-state index contributed by atoms with van der Waals surface area (Å²) in [5.41, 5.74) is 1.31. The number of amides is 2. The van der Waals surface area contributed by atoms with Crippen molar-refractivity contribution in [3.63, 3.8) is 0 Å². The molecule has 2 amide bonds. The largest absolute Gasteiger partial charge is 0.352 e. The zero-order valence-electron chi connectivity index (χ0n) is 14.2. The maximum Gasteiger partial charge on any atom is 0.234 e. The molecule has 0 atom stereocenters. The molecule has 2 aromatic rings. The summed E-state index contributed by atoms with van der Waals surface area (Å²) in [5.74, 6) is -0.970. The molecule has 2 N–H and O–H groups in total. The summed E-state index contributed by atoms with van der Waals surface area (Å²) < 4.78 is 37.8. The number of carbonyl (C=O) groups excluding carboxylic acids is 2. The molecule has 0 bridgehead atoms. The van der Waals surface area contributed by atoms with Crippen LogP contribution in [0.25, 0.3) is 0 Å². The van der Waals surface area contributed by atoms with E-state index in [1.54, 1.807) is 18.2 Å². The molecule has 0 spiro atoms. The maximum absolute atomic E-state index is 12.8. The number of hydrogen-bond acceptors (Lipinski definition) is 5. The van der Waals surface area contributed by atoms with Crippen LogP contribution in [-0.4, -0.2) is 31.7 Å². The standard InChI is InChI=1S/C18H17FN2O4S2/c19-13-3-1-12(2-4-13)10-20-17(22)7-8-27(24,25)14-5-6-15-16(9-14)26-11-18(23)21-15/h1-6,9H,7-8,10-11H2,(H,20,22)(H,21,23). The molecule has 2 aromatic carbocycles. The first-order valence-electron chi connectivity index (χ1n) is 8.14. The van der Waals surface area contributed by atoms with Crippen LogP contribution in [0.15, 0.2) is 52.3 Å². The summed E-state index contributed by atoms with van der Waals surface area (Å²) in [7, 11) is -3.63. The van der Waals surface area contributed by atoms with E-state index >= 15 is 0 Å². The first-order chi connectivity index (χ1) is 12.8. The van der Waals surface area contributed by atoms with Gasteiger partial charge in [0.15, 0.2) is 9.84 Å². The van der Waals surface area contributed by atoms with Gasteiger partial charge >= 0.3 is 0 Å². The first kappa shape index (κ1) is 19.4. The van der Waals surface area contributed by atoms with Crippen LogP contribution in [0.2, 0.25) is 0 Å². The lowest BCUT2D eigenvalue weighted by Crippen LogP contribution is -2.25. The van der Waals surface area contributed by atoms with Gasteiger partial charge in [0.25, 0.3) is 0 Å². The van der Waals surface area contributed by atoms with Crippen molar-refractivity contribution >= 4 is 39.1 Å². The van der Waals surface area contributed by atoms with Crippen LogP contribution in [0.3, 0.4) is 0 Å². The van der Waals surface area contributed by atoms with Crippen molar-refractivity contribution in [2.45, 2.75) is 22.8 Å². The normalized spacial score (nSPS) is 13.6. The second-order valence-electron chi connectivity index (χ2n) is 5.97. The van der Waals surface area contributed by atoms with Gasteiger partial charge < -0.3 is 10.6 Å². The van der Waals surface area contributed by atoms with Gasteiger partial charge in [-0.3, -0.25) is 9.59 Å². The third kappa shape index (κ3) is 5.08. The van der Waals surface area contributed by atoms with E-state index in [4.69, 9.17) is 0 Å². The van der Waals surface area contributed by atoms with Gasteiger partial charge in [0.1, 0.15) is 5.82 Å². The van der Waals surface area contributed by atoms with Crippen LogP contribution in [0.5, 0.6) is 0 Å². The van der Waals surface area contributed by atoms with Crippen molar-refractivity contribution < 1.29 is 22.4 Å². The van der Waals surface area contributed by atoms with Gasteiger partial charge in [0.2, 0.25) is 11.8 Å². The number of fused-ring (bicyclic) bond motifs is 1. The fourth-order valence-corrected chi connectivity index (χ4v) is 4.67. The number of sulfone groups is 1.